The van der Waals surface area contributed by atoms with E-state index in [-0.39, 0.29) is 24.4 Å². The SMILES string of the molecule is NC(N)=NC(=O)OCC1=C(F)C(N2CCC(CC(=O)N3CCOCC3)CC2)CC=C1. The number of carbonyl (C=O) groups excluding carboxylic acids is 2. The summed E-state index contributed by atoms with van der Waals surface area (Å²) in [6.45, 7) is 3.78. The van der Waals surface area contributed by atoms with Crippen molar-refractivity contribution >= 4 is 18.0 Å². The largest absolute Gasteiger partial charge is 0.443 e. The summed E-state index contributed by atoms with van der Waals surface area (Å²) in [7, 11) is 0. The fourth-order valence-electron chi connectivity index (χ4n) is 4.10. The van der Waals surface area contributed by atoms with E-state index in [1.165, 1.54) is 0 Å². The highest BCUT2D eigenvalue weighted by molar-refractivity contribution is 5.87. The molecule has 0 bridgehead atoms. The Morgan fingerprint density at radius 3 is 2.57 bits per heavy atom. The number of nitrogens with zero attached hydrogens (tertiary/aromatic N) is 3. The maximum atomic E-state index is 15.0. The number of amides is 2. The normalized spacial score (nSPS) is 23.4. The molecule has 4 N–H and O–H groups in total. The summed E-state index contributed by atoms with van der Waals surface area (Å²) in [6, 6.07) is -0.373. The lowest BCUT2D eigenvalue weighted by molar-refractivity contribution is -0.136. The summed E-state index contributed by atoms with van der Waals surface area (Å²) < 4.78 is 25.2. The minimum atomic E-state index is -0.948. The Labute approximate surface area is 175 Å². The number of piperidine rings is 1. The van der Waals surface area contributed by atoms with Crippen molar-refractivity contribution in [3.63, 3.8) is 0 Å². The molecule has 1 unspecified atom stereocenters. The number of halogens is 1. The van der Waals surface area contributed by atoms with Crippen LogP contribution in [0.5, 0.6) is 0 Å². The second-order valence-electron chi connectivity index (χ2n) is 7.79. The Kier molecular flexibility index (Phi) is 7.81. The van der Waals surface area contributed by atoms with Gasteiger partial charge >= 0.3 is 6.09 Å². The number of hydrogen-bond acceptors (Lipinski definition) is 5. The van der Waals surface area contributed by atoms with E-state index in [0.29, 0.717) is 50.6 Å². The lowest BCUT2D eigenvalue weighted by Gasteiger charge is -2.38. The van der Waals surface area contributed by atoms with E-state index in [9.17, 15) is 14.0 Å². The zero-order valence-electron chi connectivity index (χ0n) is 17.1. The Balaban J connectivity index is 1.49. The molecule has 2 fully saturated rings. The molecule has 1 atom stereocenters. The summed E-state index contributed by atoms with van der Waals surface area (Å²) in [6.07, 6.45) is 5.39. The molecule has 0 aromatic rings. The number of aliphatic imine (C=N–C) groups is 1. The van der Waals surface area contributed by atoms with Crippen LogP contribution in [0.1, 0.15) is 25.7 Å². The highest BCUT2D eigenvalue weighted by Crippen LogP contribution is 2.30. The van der Waals surface area contributed by atoms with Gasteiger partial charge in [0.15, 0.2) is 5.96 Å². The summed E-state index contributed by atoms with van der Waals surface area (Å²) >= 11 is 0. The molecule has 2 saturated heterocycles. The number of morpholine rings is 1. The number of carbonyl (C=O) groups is 2. The smallest absolute Gasteiger partial charge is 0.437 e. The third-order valence-corrected chi connectivity index (χ3v) is 5.77. The van der Waals surface area contributed by atoms with Crippen LogP contribution in [0.2, 0.25) is 0 Å². The van der Waals surface area contributed by atoms with Crippen molar-refractivity contribution < 1.29 is 23.5 Å². The molecule has 2 heterocycles. The molecular weight excluding hydrogens is 393 g/mol. The van der Waals surface area contributed by atoms with Gasteiger partial charge in [0.1, 0.15) is 12.4 Å². The van der Waals surface area contributed by atoms with Crippen LogP contribution < -0.4 is 11.5 Å². The zero-order valence-corrected chi connectivity index (χ0v) is 17.1. The van der Waals surface area contributed by atoms with Crippen LogP contribution in [0.3, 0.4) is 0 Å². The molecule has 1 aliphatic carbocycles. The van der Waals surface area contributed by atoms with Gasteiger partial charge in [0.25, 0.3) is 0 Å². The lowest BCUT2D eigenvalue weighted by Crippen LogP contribution is -2.45. The molecule has 10 heteroatoms. The van der Waals surface area contributed by atoms with Gasteiger partial charge in [-0.05, 0) is 38.3 Å². The highest BCUT2D eigenvalue weighted by atomic mass is 19.1. The summed E-state index contributed by atoms with van der Waals surface area (Å²) in [4.78, 5) is 31.1. The van der Waals surface area contributed by atoms with Crippen LogP contribution >= 0.6 is 0 Å². The molecule has 0 saturated carbocycles. The average Bonchev–Trinajstić information content (AvgIpc) is 2.74. The third kappa shape index (κ3) is 6.02. The van der Waals surface area contributed by atoms with E-state index in [2.05, 4.69) is 9.89 Å². The van der Waals surface area contributed by atoms with Gasteiger partial charge in [0, 0.05) is 25.1 Å². The quantitative estimate of drug-likeness (QED) is 0.498. The monoisotopic (exact) mass is 423 g/mol. The van der Waals surface area contributed by atoms with E-state index in [1.807, 2.05) is 11.0 Å². The van der Waals surface area contributed by atoms with Gasteiger partial charge < -0.3 is 25.8 Å². The lowest BCUT2D eigenvalue weighted by atomic mass is 9.90. The Morgan fingerprint density at radius 2 is 1.90 bits per heavy atom. The third-order valence-electron chi connectivity index (χ3n) is 5.77. The Morgan fingerprint density at radius 1 is 1.20 bits per heavy atom. The number of hydrogen-bond donors (Lipinski definition) is 2. The van der Waals surface area contributed by atoms with Crippen molar-refractivity contribution in [1.82, 2.24) is 9.80 Å². The van der Waals surface area contributed by atoms with E-state index >= 15 is 0 Å². The van der Waals surface area contributed by atoms with Crippen molar-refractivity contribution in [3.05, 3.63) is 23.6 Å². The molecule has 0 aromatic carbocycles. The van der Waals surface area contributed by atoms with Crippen molar-refractivity contribution in [3.8, 4) is 0 Å². The van der Waals surface area contributed by atoms with Crippen molar-refractivity contribution in [2.24, 2.45) is 22.4 Å². The van der Waals surface area contributed by atoms with Gasteiger partial charge in [-0.3, -0.25) is 9.69 Å². The number of likely N-dealkylation sites (tertiary alicyclic amines) is 1. The molecule has 0 spiro atoms. The van der Waals surface area contributed by atoms with Crippen LogP contribution in [-0.4, -0.2) is 79.8 Å². The first-order valence-electron chi connectivity index (χ1n) is 10.3. The maximum absolute atomic E-state index is 15.0. The second kappa shape index (κ2) is 10.5. The average molecular weight is 423 g/mol. The van der Waals surface area contributed by atoms with Gasteiger partial charge in [0.05, 0.1) is 19.3 Å². The number of rotatable bonds is 5. The van der Waals surface area contributed by atoms with E-state index in [1.54, 1.807) is 6.08 Å². The molecule has 9 nitrogen and oxygen atoms in total. The predicted octanol–water partition coefficient (Wildman–Crippen LogP) is 0.909. The summed E-state index contributed by atoms with van der Waals surface area (Å²) in [5.74, 6) is -0.185. The minimum absolute atomic E-state index is 0.188. The molecular formula is C20H30FN5O4. The standard InChI is InChI=1S/C20H30FN5O4/c21-18-15(13-30-20(28)24-19(22)23)2-1-3-16(18)25-6-4-14(5-7-25)12-17(27)26-8-10-29-11-9-26/h1-2,14,16H,3-13H2,(H4,22,23,24,28). The first-order valence-corrected chi connectivity index (χ1v) is 10.3. The topological polar surface area (TPSA) is 123 Å². The maximum Gasteiger partial charge on any atom is 0.437 e. The van der Waals surface area contributed by atoms with Gasteiger partial charge in [-0.15, -0.1) is 4.99 Å². The molecule has 166 valence electrons. The number of guanidine groups is 1. The van der Waals surface area contributed by atoms with E-state index in [4.69, 9.17) is 20.9 Å². The van der Waals surface area contributed by atoms with Crippen molar-refractivity contribution in [1.29, 1.82) is 0 Å². The van der Waals surface area contributed by atoms with Gasteiger partial charge in [-0.1, -0.05) is 12.2 Å². The Hall–Kier alpha value is -2.46. The molecule has 3 aliphatic rings. The van der Waals surface area contributed by atoms with Crippen molar-refractivity contribution in [2.75, 3.05) is 46.0 Å². The van der Waals surface area contributed by atoms with Gasteiger partial charge in [-0.25, -0.2) is 9.18 Å². The fraction of sp³-hybridized carbons (Fsp3) is 0.650. The molecule has 30 heavy (non-hydrogen) atoms. The molecule has 0 radical (unpaired) electrons. The van der Waals surface area contributed by atoms with Crippen molar-refractivity contribution in [2.45, 2.75) is 31.7 Å². The second-order valence-corrected chi connectivity index (χ2v) is 7.79. The molecule has 2 aliphatic heterocycles. The molecule has 3 rings (SSSR count). The fourth-order valence-corrected chi connectivity index (χ4v) is 4.10. The zero-order chi connectivity index (χ0) is 21.5. The van der Waals surface area contributed by atoms with E-state index < -0.39 is 12.1 Å². The van der Waals surface area contributed by atoms with Crippen LogP contribution in [0.25, 0.3) is 0 Å². The van der Waals surface area contributed by atoms with Crippen LogP contribution in [0.15, 0.2) is 28.5 Å². The van der Waals surface area contributed by atoms with Gasteiger partial charge in [0.2, 0.25) is 5.91 Å². The molecule has 0 aromatic heterocycles. The van der Waals surface area contributed by atoms with E-state index in [0.717, 1.165) is 25.9 Å². The number of ether oxygens (including phenoxy) is 2. The number of nitrogens with two attached hydrogens (primary N) is 2. The first-order chi connectivity index (χ1) is 14.4. The van der Waals surface area contributed by atoms with Gasteiger partial charge in [-0.2, -0.15) is 0 Å². The summed E-state index contributed by atoms with van der Waals surface area (Å²) in [5.41, 5.74) is 10.6. The minimum Gasteiger partial charge on any atom is -0.443 e. The first kappa shape index (κ1) is 22.2. The van der Waals surface area contributed by atoms with Crippen LogP contribution in [-0.2, 0) is 14.3 Å². The summed E-state index contributed by atoms with van der Waals surface area (Å²) in [5, 5.41) is 0. The predicted molar refractivity (Wildman–Crippen MR) is 109 cm³/mol. The van der Waals surface area contributed by atoms with Crippen LogP contribution in [0.4, 0.5) is 9.18 Å². The molecule has 2 amide bonds. The van der Waals surface area contributed by atoms with Crippen LogP contribution in [0, 0.1) is 5.92 Å². The highest BCUT2D eigenvalue weighted by Gasteiger charge is 2.31. The Bertz CT molecular complexity index is 721.